The van der Waals surface area contributed by atoms with Crippen molar-refractivity contribution in [2.24, 2.45) is 5.73 Å². The monoisotopic (exact) mass is 336 g/mol. The van der Waals surface area contributed by atoms with E-state index < -0.39 is 30.1 Å². The van der Waals surface area contributed by atoms with E-state index >= 15 is 0 Å². The molecule has 1 aromatic carbocycles. The van der Waals surface area contributed by atoms with Crippen LogP contribution in [0, 0.1) is 0 Å². The van der Waals surface area contributed by atoms with Crippen molar-refractivity contribution < 1.29 is 23.9 Å². The van der Waals surface area contributed by atoms with Gasteiger partial charge in [0, 0.05) is 0 Å². The van der Waals surface area contributed by atoms with E-state index in [0.29, 0.717) is 5.75 Å². The molecule has 3 amide bonds. The number of carbonyl (C=O) groups is 3. The molecule has 0 aliphatic heterocycles. The average Bonchev–Trinajstić information content (AvgIpc) is 2.45. The Morgan fingerprint density at radius 1 is 1.04 bits per heavy atom. The fourth-order valence-corrected chi connectivity index (χ4v) is 1.83. The summed E-state index contributed by atoms with van der Waals surface area (Å²) in [5.74, 6) is -0.999. The third-order valence-electron chi connectivity index (χ3n) is 3.27. The van der Waals surface area contributed by atoms with Crippen molar-refractivity contribution in [1.29, 1.82) is 0 Å². The van der Waals surface area contributed by atoms with Crippen LogP contribution in [-0.2, 0) is 19.7 Å². The van der Waals surface area contributed by atoms with Crippen LogP contribution in [0.5, 0.6) is 5.75 Å². The highest BCUT2D eigenvalue weighted by Gasteiger charge is 2.24. The van der Waals surface area contributed by atoms with Crippen molar-refractivity contribution in [3.8, 4) is 5.75 Å². The van der Waals surface area contributed by atoms with Crippen LogP contribution in [0.1, 0.15) is 40.2 Å². The number of carbonyl (C=O) groups excluding carboxylic acids is 3. The lowest BCUT2D eigenvalue weighted by Crippen LogP contribution is -2.43. The first-order chi connectivity index (χ1) is 11.0. The number of ether oxygens (including phenoxy) is 2. The predicted molar refractivity (Wildman–Crippen MR) is 88.5 cm³/mol. The molecule has 0 saturated carbocycles. The van der Waals surface area contributed by atoms with E-state index in [1.165, 1.54) is 13.8 Å². The van der Waals surface area contributed by atoms with Gasteiger partial charge in [-0.2, -0.15) is 0 Å². The number of rotatable bonds is 5. The van der Waals surface area contributed by atoms with Crippen LogP contribution in [-0.4, -0.2) is 30.1 Å². The van der Waals surface area contributed by atoms with E-state index in [0.717, 1.165) is 5.56 Å². The highest BCUT2D eigenvalue weighted by Crippen LogP contribution is 2.24. The summed E-state index contributed by atoms with van der Waals surface area (Å²) in [6, 6.07) is 6.39. The number of amides is 3. The van der Waals surface area contributed by atoms with Gasteiger partial charge in [-0.25, -0.2) is 9.59 Å². The number of imide groups is 1. The quantitative estimate of drug-likeness (QED) is 0.798. The summed E-state index contributed by atoms with van der Waals surface area (Å²) in [5, 5.41) is 1.84. The Morgan fingerprint density at radius 2 is 1.58 bits per heavy atom. The summed E-state index contributed by atoms with van der Waals surface area (Å²) < 4.78 is 10.4. The number of esters is 1. The lowest BCUT2D eigenvalue weighted by Gasteiger charge is -2.20. The topological polar surface area (TPSA) is 108 Å². The lowest BCUT2D eigenvalue weighted by atomic mass is 9.87. The molecule has 0 heterocycles. The van der Waals surface area contributed by atoms with Crippen LogP contribution >= 0.6 is 0 Å². The number of nitrogens with one attached hydrogen (secondary N) is 1. The molecule has 24 heavy (non-hydrogen) atoms. The number of hydrogen-bond donors (Lipinski definition) is 2. The maximum atomic E-state index is 11.9. The molecule has 0 bridgehead atoms. The first-order valence-corrected chi connectivity index (χ1v) is 7.58. The average molecular weight is 336 g/mol. The van der Waals surface area contributed by atoms with E-state index in [1.807, 2.05) is 17.4 Å². The molecule has 3 N–H and O–H groups in total. The van der Waals surface area contributed by atoms with E-state index in [-0.39, 0.29) is 5.41 Å². The molecule has 0 unspecified atom stereocenters. The summed E-state index contributed by atoms with van der Waals surface area (Å²) in [4.78, 5) is 34.0. The second-order valence-corrected chi connectivity index (χ2v) is 6.47. The number of hydrogen-bond acceptors (Lipinski definition) is 5. The van der Waals surface area contributed by atoms with Crippen LogP contribution in [0.3, 0.4) is 0 Å². The van der Waals surface area contributed by atoms with Crippen LogP contribution in [0.4, 0.5) is 4.79 Å². The maximum Gasteiger partial charge on any atom is 0.347 e. The molecular weight excluding hydrogens is 312 g/mol. The molecular formula is C17H24N2O5. The highest BCUT2D eigenvalue weighted by molar-refractivity contribution is 5.96. The Hall–Kier alpha value is -2.57. The molecule has 1 rings (SSSR count). The Bertz CT molecular complexity index is 604. The van der Waals surface area contributed by atoms with E-state index in [1.54, 1.807) is 12.1 Å². The highest BCUT2D eigenvalue weighted by atomic mass is 16.6. The molecule has 2 atom stereocenters. The van der Waals surface area contributed by atoms with Gasteiger partial charge in [0.25, 0.3) is 5.91 Å². The zero-order valence-electron chi connectivity index (χ0n) is 14.6. The van der Waals surface area contributed by atoms with Crippen LogP contribution in [0.15, 0.2) is 24.3 Å². The zero-order chi connectivity index (χ0) is 18.5. The second kappa shape index (κ2) is 7.81. The van der Waals surface area contributed by atoms with Crippen LogP contribution in [0.25, 0.3) is 0 Å². The van der Waals surface area contributed by atoms with E-state index in [2.05, 4.69) is 20.8 Å². The van der Waals surface area contributed by atoms with Gasteiger partial charge >= 0.3 is 12.0 Å². The van der Waals surface area contributed by atoms with Crippen molar-refractivity contribution in [2.75, 3.05) is 0 Å². The first kappa shape index (κ1) is 19.5. The van der Waals surface area contributed by atoms with Gasteiger partial charge < -0.3 is 15.2 Å². The standard InChI is InChI=1S/C17H24N2O5/c1-10(14(20)19-16(18)22)24-15(21)11(2)23-13-8-6-12(7-9-13)17(3,4)5/h6-11H,1-5H3,(H3,18,19,20,22)/t10-,11+/m0/s1. The predicted octanol–water partition coefficient (Wildman–Crippen LogP) is 1.88. The van der Waals surface area contributed by atoms with Gasteiger partial charge in [0.05, 0.1) is 0 Å². The van der Waals surface area contributed by atoms with Gasteiger partial charge in [0.1, 0.15) is 5.75 Å². The molecule has 0 fully saturated rings. The Balaban J connectivity index is 2.61. The third-order valence-corrected chi connectivity index (χ3v) is 3.27. The molecule has 7 heteroatoms. The summed E-state index contributed by atoms with van der Waals surface area (Å²) in [5.41, 5.74) is 5.99. The Kier molecular flexibility index (Phi) is 6.34. The molecule has 0 aromatic heterocycles. The Morgan fingerprint density at radius 3 is 2.04 bits per heavy atom. The van der Waals surface area contributed by atoms with Crippen LogP contribution < -0.4 is 15.8 Å². The van der Waals surface area contributed by atoms with Crippen molar-refractivity contribution in [3.63, 3.8) is 0 Å². The summed E-state index contributed by atoms with van der Waals surface area (Å²) in [7, 11) is 0. The fourth-order valence-electron chi connectivity index (χ4n) is 1.83. The lowest BCUT2D eigenvalue weighted by molar-refractivity contribution is -0.160. The fraction of sp³-hybridized carbons (Fsp3) is 0.471. The third kappa shape index (κ3) is 5.91. The molecule has 132 valence electrons. The first-order valence-electron chi connectivity index (χ1n) is 7.58. The molecule has 0 saturated heterocycles. The van der Waals surface area contributed by atoms with E-state index in [9.17, 15) is 14.4 Å². The minimum absolute atomic E-state index is 0.0201. The number of benzene rings is 1. The van der Waals surface area contributed by atoms with Gasteiger partial charge in [-0.15, -0.1) is 0 Å². The minimum atomic E-state index is -1.15. The summed E-state index contributed by atoms with van der Waals surface area (Å²) in [6.07, 6.45) is -2.06. The smallest absolute Gasteiger partial charge is 0.347 e. The van der Waals surface area contributed by atoms with Crippen LogP contribution in [0.2, 0.25) is 0 Å². The SMILES string of the molecule is C[C@H](OC(=O)[C@@H](C)Oc1ccc(C(C)(C)C)cc1)C(=O)NC(N)=O. The van der Waals surface area contributed by atoms with Crippen molar-refractivity contribution >= 4 is 17.9 Å². The number of primary amides is 1. The molecule has 7 nitrogen and oxygen atoms in total. The number of urea groups is 1. The van der Waals surface area contributed by atoms with Gasteiger partial charge in [0.2, 0.25) is 0 Å². The van der Waals surface area contributed by atoms with E-state index in [4.69, 9.17) is 15.2 Å². The van der Waals surface area contributed by atoms with Gasteiger partial charge in [-0.3, -0.25) is 10.1 Å². The minimum Gasteiger partial charge on any atom is -0.479 e. The normalized spacial score (nSPS) is 13.5. The van der Waals surface area contributed by atoms with Gasteiger partial charge in [0.15, 0.2) is 12.2 Å². The zero-order valence-corrected chi connectivity index (χ0v) is 14.6. The maximum absolute atomic E-state index is 11.9. The Labute approximate surface area is 141 Å². The molecule has 0 aliphatic rings. The second-order valence-electron chi connectivity index (χ2n) is 6.47. The number of nitrogens with two attached hydrogens (primary N) is 1. The summed E-state index contributed by atoms with van der Waals surface area (Å²) >= 11 is 0. The molecule has 0 radical (unpaired) electrons. The van der Waals surface area contributed by atoms with Crippen molar-refractivity contribution in [2.45, 2.75) is 52.2 Å². The van der Waals surface area contributed by atoms with Crippen molar-refractivity contribution in [3.05, 3.63) is 29.8 Å². The molecule has 1 aromatic rings. The largest absolute Gasteiger partial charge is 0.479 e. The molecule has 0 spiro atoms. The van der Waals surface area contributed by atoms with Crippen molar-refractivity contribution in [1.82, 2.24) is 5.32 Å². The van der Waals surface area contributed by atoms with Gasteiger partial charge in [-0.05, 0) is 37.0 Å². The summed E-state index contributed by atoms with van der Waals surface area (Å²) in [6.45, 7) is 9.14. The molecule has 0 aliphatic carbocycles. The van der Waals surface area contributed by atoms with Gasteiger partial charge in [-0.1, -0.05) is 32.9 Å².